The molecule has 3 heterocycles. The van der Waals surface area contributed by atoms with Gasteiger partial charge in [-0.25, -0.2) is 19.7 Å². The van der Waals surface area contributed by atoms with Crippen molar-refractivity contribution in [3.8, 4) is 0 Å². The Bertz CT molecular complexity index is 2210. The van der Waals surface area contributed by atoms with Gasteiger partial charge in [-0.2, -0.15) is 0 Å². The number of carbonyl (C=O) groups excluding carboxylic acids is 3. The van der Waals surface area contributed by atoms with Gasteiger partial charge in [-0.05, 0) is 37.1 Å². The fourth-order valence-corrected chi connectivity index (χ4v) is 6.90. The molecule has 1 aromatic carbocycles. The van der Waals surface area contributed by atoms with Crippen molar-refractivity contribution in [3.05, 3.63) is 58.4 Å². The van der Waals surface area contributed by atoms with Crippen molar-refractivity contribution in [3.63, 3.8) is 0 Å². The van der Waals surface area contributed by atoms with E-state index in [0.717, 1.165) is 0 Å². The molecule has 0 aliphatic carbocycles. The summed E-state index contributed by atoms with van der Waals surface area (Å²) in [4.78, 5) is 130. The van der Waals surface area contributed by atoms with Crippen LogP contribution in [-0.4, -0.2) is 210 Å². The Balaban J connectivity index is 1.21. The lowest BCUT2D eigenvalue weighted by Gasteiger charge is -2.35. The Morgan fingerprint density at radius 2 is 1.18 bits per heavy atom. The van der Waals surface area contributed by atoms with E-state index in [1.807, 2.05) is 0 Å². The number of nitrogens with one attached hydrogen (secondary N) is 5. The zero-order valence-electron chi connectivity index (χ0n) is 35.9. The molecule has 3 aromatic rings. The van der Waals surface area contributed by atoms with E-state index in [0.29, 0.717) is 11.4 Å². The van der Waals surface area contributed by atoms with Crippen LogP contribution in [0.3, 0.4) is 0 Å². The van der Waals surface area contributed by atoms with Gasteiger partial charge in [-0.15, -0.1) is 0 Å². The van der Waals surface area contributed by atoms with Gasteiger partial charge < -0.3 is 51.8 Å². The van der Waals surface area contributed by atoms with Crippen molar-refractivity contribution in [2.75, 3.05) is 90.4 Å². The molecule has 66 heavy (non-hydrogen) atoms. The Kier molecular flexibility index (Phi) is 20.2. The summed E-state index contributed by atoms with van der Waals surface area (Å²) in [7, 11) is 0. The molecular weight excluding hydrogens is 873 g/mol. The van der Waals surface area contributed by atoms with Crippen molar-refractivity contribution >= 4 is 64.4 Å². The number of amides is 3. The molecule has 10 N–H and O–H groups in total. The second-order valence-corrected chi connectivity index (χ2v) is 15.2. The third-order valence-electron chi connectivity index (χ3n) is 10.4. The topological polar surface area (TPSA) is 370 Å². The smallest absolute Gasteiger partial charge is 0.326 e. The lowest BCUT2D eigenvalue weighted by atomic mass is 10.1. The molecule has 0 saturated carbocycles. The van der Waals surface area contributed by atoms with Gasteiger partial charge in [0, 0.05) is 89.5 Å². The summed E-state index contributed by atoms with van der Waals surface area (Å²) in [6.07, 6.45) is 1.76. The van der Waals surface area contributed by atoms with Crippen LogP contribution in [0.4, 0.5) is 5.69 Å². The van der Waals surface area contributed by atoms with E-state index in [9.17, 15) is 68.7 Å². The van der Waals surface area contributed by atoms with E-state index in [1.165, 1.54) is 24.7 Å². The van der Waals surface area contributed by atoms with Crippen LogP contribution in [-0.2, 0) is 40.1 Å². The van der Waals surface area contributed by atoms with E-state index >= 15 is 0 Å². The summed E-state index contributed by atoms with van der Waals surface area (Å²) < 4.78 is 0. The maximum Gasteiger partial charge on any atom is 0.326 e. The first kappa shape index (κ1) is 51.5. The predicted octanol–water partition coefficient (Wildman–Crippen LogP) is -2.77. The van der Waals surface area contributed by atoms with Gasteiger partial charge in [0.1, 0.15) is 12.1 Å². The monoisotopic (exact) mass is 926 g/mol. The van der Waals surface area contributed by atoms with Gasteiger partial charge in [0.15, 0.2) is 11.2 Å². The molecule has 1 aliphatic heterocycles. The lowest BCUT2D eigenvalue weighted by Crippen LogP contribution is -2.52. The number of fused-ring (bicyclic) bond motifs is 1. The van der Waals surface area contributed by atoms with Crippen LogP contribution in [0, 0.1) is 0 Å². The second-order valence-electron chi connectivity index (χ2n) is 15.2. The van der Waals surface area contributed by atoms with Crippen LogP contribution >= 0.6 is 0 Å². The highest BCUT2D eigenvalue weighted by molar-refractivity contribution is 5.97. The number of rotatable bonds is 23. The van der Waals surface area contributed by atoms with Gasteiger partial charge in [-0.3, -0.25) is 58.0 Å². The molecule has 3 amide bonds. The summed E-state index contributed by atoms with van der Waals surface area (Å²) in [5.74, 6) is -7.77. The highest BCUT2D eigenvalue weighted by atomic mass is 16.4. The van der Waals surface area contributed by atoms with E-state index < -0.39 is 65.2 Å². The highest BCUT2D eigenvalue weighted by Crippen LogP contribution is 2.13. The lowest BCUT2D eigenvalue weighted by molar-refractivity contribution is -0.145. The molecule has 2 aromatic heterocycles. The Morgan fingerprint density at radius 3 is 1.68 bits per heavy atom. The van der Waals surface area contributed by atoms with Crippen LogP contribution < -0.4 is 26.8 Å². The molecule has 26 heteroatoms. The number of anilines is 1. The number of aromatic amines is 1. The normalized spacial score (nSPS) is 15.6. The third kappa shape index (κ3) is 17.8. The molecule has 0 bridgehead atoms. The first-order chi connectivity index (χ1) is 31.5. The van der Waals surface area contributed by atoms with Crippen LogP contribution in [0.15, 0.2) is 41.6 Å². The molecule has 0 radical (unpaired) electrons. The molecule has 0 spiro atoms. The number of H-pyrrole nitrogens is 1. The number of carboxylic acids is 5. The standard InChI is InChI=1S/C40H54N12O14/c53-30(7-5-28(39(63)64)48-37(61)25-1-3-26(4-2-25)43-19-27-20-44-36-35(47-27)38(62)46-24-45-36)41-9-10-42-31(54)8-6-29(40(65)66)52-17-15-50(22-33(57)58)13-11-49(21-32(55)56)12-14-51(16-18-52)23-34(59)60/h1-4,20,24,28-29,43H,5-19,21-23H2,(H,41,53)(H,42,54)(H,48,61)(H,55,56)(H,57,58)(H,59,60)(H,63,64)(H,65,66)(H,44,45,46,62). The van der Waals surface area contributed by atoms with Crippen LogP contribution in [0.2, 0.25) is 0 Å². The average Bonchev–Trinajstić information content (AvgIpc) is 3.26. The molecule has 2 unspecified atom stereocenters. The molecule has 2 atom stereocenters. The molecule has 1 saturated heterocycles. The quantitative estimate of drug-likeness (QED) is 0.0430. The van der Waals surface area contributed by atoms with Crippen molar-refractivity contribution in [2.45, 2.75) is 44.3 Å². The van der Waals surface area contributed by atoms with E-state index in [2.05, 4.69) is 41.2 Å². The summed E-state index contributed by atoms with van der Waals surface area (Å²) in [6.45, 7) is -0.126. The number of aromatic nitrogens is 4. The second kappa shape index (κ2) is 26.0. The number of hydrogen-bond donors (Lipinski definition) is 10. The predicted molar refractivity (Wildman–Crippen MR) is 230 cm³/mol. The van der Waals surface area contributed by atoms with Gasteiger partial charge >= 0.3 is 29.8 Å². The minimum absolute atomic E-state index is 0.0455. The third-order valence-corrected chi connectivity index (χ3v) is 10.4. The number of nitrogens with zero attached hydrogens (tertiary/aromatic N) is 7. The number of hydrogen-bond acceptors (Lipinski definition) is 17. The zero-order chi connectivity index (χ0) is 48.2. The Labute approximate surface area is 376 Å². The van der Waals surface area contributed by atoms with Gasteiger partial charge in [0.2, 0.25) is 11.8 Å². The molecule has 1 fully saturated rings. The Morgan fingerprint density at radius 1 is 0.667 bits per heavy atom. The highest BCUT2D eigenvalue weighted by Gasteiger charge is 2.29. The summed E-state index contributed by atoms with van der Waals surface area (Å²) >= 11 is 0. The number of benzene rings is 1. The molecule has 1 aliphatic rings. The van der Waals surface area contributed by atoms with Crippen LogP contribution in [0.1, 0.15) is 41.7 Å². The van der Waals surface area contributed by atoms with Crippen LogP contribution in [0.5, 0.6) is 0 Å². The minimum atomic E-state index is -1.40. The SMILES string of the molecule is O=C(O)CN1CCN(CC(=O)O)CCN(C(CCC(=O)NCCNC(=O)CCC(NC(=O)c2ccc(NCc3cnc4nc[nH]c(=O)c4n3)cc2)C(=O)O)C(=O)O)CCN(CC(=O)O)CC1. The molecule has 358 valence electrons. The molecule has 26 nitrogen and oxygen atoms in total. The summed E-state index contributed by atoms with van der Waals surface area (Å²) in [5, 5.41) is 58.8. The van der Waals surface area contributed by atoms with E-state index in [4.69, 9.17) is 0 Å². The van der Waals surface area contributed by atoms with Crippen LogP contribution in [0.25, 0.3) is 11.2 Å². The summed E-state index contributed by atoms with van der Waals surface area (Å²) in [5.41, 5.74) is 1.06. The number of aliphatic carboxylic acids is 5. The van der Waals surface area contributed by atoms with Crippen molar-refractivity contribution in [1.29, 1.82) is 0 Å². The van der Waals surface area contributed by atoms with Gasteiger partial charge in [0.25, 0.3) is 11.5 Å². The van der Waals surface area contributed by atoms with Crippen molar-refractivity contribution < 1.29 is 63.9 Å². The fraction of sp³-hybridized carbons (Fsp3) is 0.500. The first-order valence-electron chi connectivity index (χ1n) is 20.9. The van der Waals surface area contributed by atoms with Gasteiger partial charge in [0.05, 0.1) is 44.4 Å². The number of carboxylic acid groups (broad SMARTS) is 5. The maximum atomic E-state index is 12.9. The number of carbonyl (C=O) groups is 8. The fourth-order valence-electron chi connectivity index (χ4n) is 6.90. The zero-order valence-corrected chi connectivity index (χ0v) is 35.9. The largest absolute Gasteiger partial charge is 0.480 e. The maximum absolute atomic E-state index is 12.9. The summed E-state index contributed by atoms with van der Waals surface area (Å²) in [6, 6.07) is 3.49. The van der Waals surface area contributed by atoms with E-state index in [1.54, 1.807) is 31.7 Å². The molecule has 4 rings (SSSR count). The Hall–Kier alpha value is -7.16. The van der Waals surface area contributed by atoms with Crippen molar-refractivity contribution in [2.24, 2.45) is 0 Å². The first-order valence-corrected chi connectivity index (χ1v) is 20.9. The minimum Gasteiger partial charge on any atom is -0.480 e. The molecular formula is C40H54N12O14. The van der Waals surface area contributed by atoms with Crippen molar-refractivity contribution in [1.82, 2.24) is 55.5 Å². The average molecular weight is 927 g/mol. The van der Waals surface area contributed by atoms with E-state index in [-0.39, 0.29) is 134 Å². The van der Waals surface area contributed by atoms with Gasteiger partial charge in [-0.1, -0.05) is 0 Å².